The van der Waals surface area contributed by atoms with Crippen LogP contribution in [0.1, 0.15) is 29.5 Å². The lowest BCUT2D eigenvalue weighted by Gasteiger charge is -2.16. The molecule has 0 saturated carbocycles. The smallest absolute Gasteiger partial charge is 0.0207 e. The Bertz CT molecular complexity index is 442. The first-order valence-electron chi connectivity index (χ1n) is 7.82. The van der Waals surface area contributed by atoms with E-state index in [0.29, 0.717) is 5.92 Å². The first kappa shape index (κ1) is 17.5. The molecule has 0 amide bonds. The Labute approximate surface area is 130 Å². The van der Waals surface area contributed by atoms with Crippen molar-refractivity contribution in [3.63, 3.8) is 0 Å². The van der Waals surface area contributed by atoms with E-state index >= 15 is 0 Å². The lowest BCUT2D eigenvalue weighted by atomic mass is 9.98. The van der Waals surface area contributed by atoms with Gasteiger partial charge in [0.1, 0.15) is 0 Å². The van der Waals surface area contributed by atoms with Crippen LogP contribution < -0.4 is 10.6 Å². The molecule has 0 radical (unpaired) electrons. The lowest BCUT2D eigenvalue weighted by Crippen LogP contribution is -2.23. The minimum atomic E-state index is 0.495. The highest BCUT2D eigenvalue weighted by Crippen LogP contribution is 2.16. The van der Waals surface area contributed by atoms with Gasteiger partial charge >= 0.3 is 0 Å². The van der Waals surface area contributed by atoms with Crippen LogP contribution in [-0.4, -0.2) is 20.1 Å². The zero-order valence-electron chi connectivity index (χ0n) is 13.8. The van der Waals surface area contributed by atoms with Gasteiger partial charge < -0.3 is 10.6 Å². The third-order valence-electron chi connectivity index (χ3n) is 4.03. The molecule has 0 aromatic heterocycles. The number of nitrogens with one attached hydrogen (secondary N) is 2. The van der Waals surface area contributed by atoms with Crippen molar-refractivity contribution in [3.8, 4) is 0 Å². The highest BCUT2D eigenvalue weighted by atomic mass is 14.9. The molecule has 21 heavy (non-hydrogen) atoms. The van der Waals surface area contributed by atoms with Gasteiger partial charge in [0, 0.05) is 12.2 Å². The number of allylic oxidation sites excluding steroid dienone is 1. The molecule has 0 fully saturated rings. The first-order valence-corrected chi connectivity index (χ1v) is 7.82. The molecule has 0 aliphatic rings. The van der Waals surface area contributed by atoms with Crippen LogP contribution in [0.3, 0.4) is 0 Å². The number of benzene rings is 1. The van der Waals surface area contributed by atoms with Gasteiger partial charge in [0.2, 0.25) is 0 Å². The molecule has 0 heterocycles. The fraction of sp³-hybridized carbons (Fsp3) is 0.474. The van der Waals surface area contributed by atoms with Crippen LogP contribution in [0.4, 0.5) is 0 Å². The molecule has 1 atom stereocenters. The van der Waals surface area contributed by atoms with E-state index in [1.54, 1.807) is 0 Å². The third-order valence-corrected chi connectivity index (χ3v) is 4.03. The van der Waals surface area contributed by atoms with Crippen molar-refractivity contribution in [3.05, 3.63) is 59.8 Å². The van der Waals surface area contributed by atoms with Crippen LogP contribution in [0.15, 0.2) is 43.1 Å². The molecule has 116 valence electrons. The molecular weight excluding hydrogens is 256 g/mol. The summed E-state index contributed by atoms with van der Waals surface area (Å²) in [6.07, 6.45) is 5.18. The van der Waals surface area contributed by atoms with E-state index in [1.807, 2.05) is 13.1 Å². The highest BCUT2D eigenvalue weighted by Gasteiger charge is 2.06. The fourth-order valence-corrected chi connectivity index (χ4v) is 2.52. The number of hydrogen-bond donors (Lipinski definition) is 2. The molecule has 1 aromatic rings. The van der Waals surface area contributed by atoms with Crippen molar-refractivity contribution in [2.45, 2.75) is 33.1 Å². The summed E-state index contributed by atoms with van der Waals surface area (Å²) in [6, 6.07) is 6.49. The molecule has 1 rings (SSSR count). The number of aryl methyl sites for hydroxylation is 2. The minimum absolute atomic E-state index is 0.495. The molecule has 0 saturated heterocycles. The Morgan fingerprint density at radius 2 is 1.95 bits per heavy atom. The van der Waals surface area contributed by atoms with Gasteiger partial charge in [-0.3, -0.25) is 0 Å². The topological polar surface area (TPSA) is 24.1 Å². The van der Waals surface area contributed by atoms with Gasteiger partial charge in [0.25, 0.3) is 0 Å². The summed E-state index contributed by atoms with van der Waals surface area (Å²) < 4.78 is 0. The lowest BCUT2D eigenvalue weighted by molar-refractivity contribution is 0.535. The summed E-state index contributed by atoms with van der Waals surface area (Å²) in [7, 11) is 1.98. The van der Waals surface area contributed by atoms with Gasteiger partial charge in [0.05, 0.1) is 0 Å². The normalized spacial score (nSPS) is 12.0. The van der Waals surface area contributed by atoms with Crippen molar-refractivity contribution in [2.75, 3.05) is 20.1 Å². The molecule has 0 aliphatic heterocycles. The molecule has 1 aromatic carbocycles. The van der Waals surface area contributed by atoms with Gasteiger partial charge in [-0.15, -0.1) is 6.58 Å². The van der Waals surface area contributed by atoms with E-state index in [0.717, 1.165) is 38.0 Å². The van der Waals surface area contributed by atoms with Gasteiger partial charge in [-0.25, -0.2) is 0 Å². The fourth-order valence-electron chi connectivity index (χ4n) is 2.52. The summed E-state index contributed by atoms with van der Waals surface area (Å²) in [6.45, 7) is 14.4. The molecule has 2 heteroatoms. The van der Waals surface area contributed by atoms with Gasteiger partial charge in [-0.05, 0) is 69.3 Å². The van der Waals surface area contributed by atoms with Crippen molar-refractivity contribution >= 4 is 0 Å². The van der Waals surface area contributed by atoms with E-state index < -0.39 is 0 Å². The Balaban J connectivity index is 2.39. The maximum Gasteiger partial charge on any atom is 0.0207 e. The summed E-state index contributed by atoms with van der Waals surface area (Å²) >= 11 is 0. The van der Waals surface area contributed by atoms with Crippen LogP contribution in [0.25, 0.3) is 0 Å². The number of hydrogen-bond acceptors (Lipinski definition) is 2. The molecule has 0 aliphatic carbocycles. The van der Waals surface area contributed by atoms with E-state index in [1.165, 1.54) is 16.7 Å². The molecular formula is C19H30N2. The Hall–Kier alpha value is -1.54. The maximum absolute atomic E-state index is 4.15. The standard InChI is InChI=1S/C19H30N2/c1-6-18(12-13-20-5)14-21-17(4)10-11-19-15(2)8-7-9-16(19)3/h6-9,18,20-21H,1,4,10-14H2,2-3,5H3. The highest BCUT2D eigenvalue weighted by molar-refractivity contribution is 5.33. The molecule has 2 N–H and O–H groups in total. The van der Waals surface area contributed by atoms with Crippen LogP contribution in [0.2, 0.25) is 0 Å². The van der Waals surface area contributed by atoms with Crippen LogP contribution in [0.5, 0.6) is 0 Å². The predicted octanol–water partition coefficient (Wildman–Crippen LogP) is 3.75. The van der Waals surface area contributed by atoms with Crippen molar-refractivity contribution in [1.29, 1.82) is 0 Å². The molecule has 0 bridgehead atoms. The van der Waals surface area contributed by atoms with E-state index in [2.05, 4.69) is 55.8 Å². The maximum atomic E-state index is 4.15. The summed E-state index contributed by atoms with van der Waals surface area (Å²) in [4.78, 5) is 0. The van der Waals surface area contributed by atoms with Gasteiger partial charge in [0.15, 0.2) is 0 Å². The minimum Gasteiger partial charge on any atom is -0.388 e. The molecule has 1 unspecified atom stereocenters. The van der Waals surface area contributed by atoms with Crippen molar-refractivity contribution < 1.29 is 0 Å². The first-order chi connectivity index (χ1) is 10.1. The Morgan fingerprint density at radius 1 is 1.29 bits per heavy atom. The number of rotatable bonds is 10. The van der Waals surface area contributed by atoms with Gasteiger partial charge in [-0.1, -0.05) is 30.9 Å². The van der Waals surface area contributed by atoms with Crippen molar-refractivity contribution in [1.82, 2.24) is 10.6 Å². The monoisotopic (exact) mass is 286 g/mol. The Kier molecular flexibility index (Phi) is 7.84. The third kappa shape index (κ3) is 6.17. The van der Waals surface area contributed by atoms with E-state index in [4.69, 9.17) is 0 Å². The van der Waals surface area contributed by atoms with E-state index in [-0.39, 0.29) is 0 Å². The largest absolute Gasteiger partial charge is 0.388 e. The van der Waals surface area contributed by atoms with Gasteiger partial charge in [-0.2, -0.15) is 0 Å². The summed E-state index contributed by atoms with van der Waals surface area (Å²) in [5.41, 5.74) is 5.33. The zero-order valence-corrected chi connectivity index (χ0v) is 13.8. The second-order valence-electron chi connectivity index (χ2n) is 5.74. The Morgan fingerprint density at radius 3 is 2.52 bits per heavy atom. The predicted molar refractivity (Wildman–Crippen MR) is 93.6 cm³/mol. The quantitative estimate of drug-likeness (QED) is 0.640. The average molecular weight is 286 g/mol. The van der Waals surface area contributed by atoms with E-state index in [9.17, 15) is 0 Å². The van der Waals surface area contributed by atoms with Crippen LogP contribution >= 0.6 is 0 Å². The second-order valence-corrected chi connectivity index (χ2v) is 5.74. The molecule has 0 spiro atoms. The second kappa shape index (κ2) is 9.41. The molecule has 2 nitrogen and oxygen atoms in total. The SMILES string of the molecule is C=CC(CCNC)CNC(=C)CCc1c(C)cccc1C. The zero-order chi connectivity index (χ0) is 15.7. The summed E-state index contributed by atoms with van der Waals surface area (Å²) in [5, 5.41) is 6.64. The summed E-state index contributed by atoms with van der Waals surface area (Å²) in [5.74, 6) is 0.495. The van der Waals surface area contributed by atoms with Crippen molar-refractivity contribution in [2.24, 2.45) is 5.92 Å². The van der Waals surface area contributed by atoms with Crippen LogP contribution in [0, 0.1) is 19.8 Å². The average Bonchev–Trinajstić information content (AvgIpc) is 2.47. The van der Waals surface area contributed by atoms with Crippen LogP contribution in [-0.2, 0) is 6.42 Å².